The largest absolute Gasteiger partial charge is 0.466 e. The number of piperidine rings is 1. The highest BCUT2D eigenvalue weighted by Crippen LogP contribution is 2.19. The lowest BCUT2D eigenvalue weighted by molar-refractivity contribution is -0.151. The molecule has 0 radical (unpaired) electrons. The summed E-state index contributed by atoms with van der Waals surface area (Å²) >= 11 is 0. The van der Waals surface area contributed by atoms with Crippen LogP contribution in [0.4, 0.5) is 0 Å². The van der Waals surface area contributed by atoms with Gasteiger partial charge in [0.2, 0.25) is 5.91 Å². The van der Waals surface area contributed by atoms with Gasteiger partial charge in [0.15, 0.2) is 0 Å². The van der Waals surface area contributed by atoms with E-state index >= 15 is 0 Å². The lowest BCUT2D eigenvalue weighted by atomic mass is 9.98. The molecule has 2 heterocycles. The number of likely N-dealkylation sites (tertiary alicyclic amines) is 1. The van der Waals surface area contributed by atoms with E-state index < -0.39 is 0 Å². The van der Waals surface area contributed by atoms with Crippen LogP contribution in [-0.2, 0) is 14.3 Å². The fraction of sp³-hybridized carbons (Fsp3) is 0.667. The van der Waals surface area contributed by atoms with Gasteiger partial charge in [0.05, 0.1) is 18.7 Å². The van der Waals surface area contributed by atoms with Crippen LogP contribution >= 0.6 is 0 Å². The van der Waals surface area contributed by atoms with Crippen molar-refractivity contribution in [3.8, 4) is 0 Å². The number of carbonyl (C=O) groups excluding carboxylic acids is 3. The van der Waals surface area contributed by atoms with Gasteiger partial charge >= 0.3 is 5.97 Å². The molecule has 1 fully saturated rings. The molecule has 2 rings (SSSR count). The molecule has 0 N–H and O–H groups in total. The van der Waals surface area contributed by atoms with Crippen molar-refractivity contribution in [2.45, 2.75) is 52.4 Å². The van der Waals surface area contributed by atoms with Crippen molar-refractivity contribution in [2.24, 2.45) is 5.92 Å². The Labute approximate surface area is 172 Å². The second kappa shape index (κ2) is 12.1. The molecule has 1 unspecified atom stereocenters. The molecule has 1 saturated heterocycles. The Morgan fingerprint density at radius 2 is 2.03 bits per heavy atom. The van der Waals surface area contributed by atoms with Gasteiger partial charge in [-0.15, -0.1) is 0 Å². The minimum Gasteiger partial charge on any atom is -0.466 e. The van der Waals surface area contributed by atoms with Gasteiger partial charge in [-0.2, -0.15) is 0 Å². The predicted molar refractivity (Wildman–Crippen MR) is 108 cm³/mol. The van der Waals surface area contributed by atoms with E-state index in [9.17, 15) is 14.4 Å². The summed E-state index contributed by atoms with van der Waals surface area (Å²) in [5.41, 5.74) is 0.289. The number of ether oxygens (including phenoxy) is 1. The predicted octanol–water partition coefficient (Wildman–Crippen LogP) is 2.30. The van der Waals surface area contributed by atoms with Crippen molar-refractivity contribution in [1.82, 2.24) is 19.8 Å². The molecule has 0 aliphatic carbocycles. The molecule has 2 amide bonds. The van der Waals surface area contributed by atoms with E-state index in [0.29, 0.717) is 32.8 Å². The van der Waals surface area contributed by atoms with Crippen molar-refractivity contribution < 1.29 is 19.1 Å². The summed E-state index contributed by atoms with van der Waals surface area (Å²) in [4.78, 5) is 49.0. The highest BCUT2D eigenvalue weighted by Gasteiger charge is 2.29. The van der Waals surface area contributed by atoms with Crippen LogP contribution in [0.15, 0.2) is 18.6 Å². The van der Waals surface area contributed by atoms with Crippen molar-refractivity contribution >= 4 is 17.8 Å². The third kappa shape index (κ3) is 7.11. The average Bonchev–Trinajstić information content (AvgIpc) is 2.76. The number of hydrogen-bond acceptors (Lipinski definition) is 6. The molecule has 160 valence electrons. The minimum atomic E-state index is -0.255. The molecule has 1 aromatic rings. The van der Waals surface area contributed by atoms with Crippen LogP contribution in [-0.4, -0.2) is 70.3 Å². The van der Waals surface area contributed by atoms with E-state index in [-0.39, 0.29) is 35.8 Å². The Balaban J connectivity index is 1.93. The molecule has 8 nitrogen and oxygen atoms in total. The Bertz CT molecular complexity index is 668. The van der Waals surface area contributed by atoms with Gasteiger partial charge in [-0.25, -0.2) is 4.98 Å². The van der Waals surface area contributed by atoms with Crippen LogP contribution in [0, 0.1) is 5.92 Å². The topological polar surface area (TPSA) is 92.7 Å². The van der Waals surface area contributed by atoms with E-state index in [4.69, 9.17) is 4.74 Å². The van der Waals surface area contributed by atoms with Crippen molar-refractivity contribution in [1.29, 1.82) is 0 Å². The summed E-state index contributed by atoms with van der Waals surface area (Å²) in [7, 11) is 0. The molecule has 1 aliphatic rings. The Morgan fingerprint density at radius 1 is 1.21 bits per heavy atom. The lowest BCUT2D eigenvalue weighted by Gasteiger charge is -2.32. The zero-order valence-electron chi connectivity index (χ0n) is 17.5. The van der Waals surface area contributed by atoms with Crippen molar-refractivity contribution in [3.63, 3.8) is 0 Å². The molecule has 0 aromatic carbocycles. The van der Waals surface area contributed by atoms with Gasteiger partial charge in [0, 0.05) is 45.0 Å². The standard InChI is InChI=1S/C21H32N4O4/c1-3-5-6-12-24(20(27)18-15-22-10-11-23-18)14-9-19(26)25-13-7-8-17(16-25)21(28)29-4-2/h10-11,15,17H,3-9,12-14,16H2,1-2H3. The summed E-state index contributed by atoms with van der Waals surface area (Å²) in [6.45, 7) is 6.19. The minimum absolute atomic E-state index is 0.0357. The smallest absolute Gasteiger partial charge is 0.310 e. The van der Waals surface area contributed by atoms with Crippen LogP contribution in [0.2, 0.25) is 0 Å². The maximum Gasteiger partial charge on any atom is 0.310 e. The van der Waals surface area contributed by atoms with E-state index in [0.717, 1.165) is 32.1 Å². The lowest BCUT2D eigenvalue weighted by Crippen LogP contribution is -2.44. The average molecular weight is 405 g/mol. The summed E-state index contributed by atoms with van der Waals surface area (Å²) in [5, 5.41) is 0. The summed E-state index contributed by atoms with van der Waals surface area (Å²) in [5.74, 6) is -0.727. The van der Waals surface area contributed by atoms with Gasteiger partial charge in [0.25, 0.3) is 5.91 Å². The molecule has 8 heteroatoms. The Kier molecular flexibility index (Phi) is 9.53. The molecule has 0 saturated carbocycles. The zero-order valence-corrected chi connectivity index (χ0v) is 17.5. The molecule has 1 aliphatic heterocycles. The first-order valence-electron chi connectivity index (χ1n) is 10.6. The zero-order chi connectivity index (χ0) is 21.1. The first-order valence-corrected chi connectivity index (χ1v) is 10.6. The van der Waals surface area contributed by atoms with E-state index in [1.54, 1.807) is 16.7 Å². The molecule has 0 bridgehead atoms. The van der Waals surface area contributed by atoms with Gasteiger partial charge < -0.3 is 14.5 Å². The Hall–Kier alpha value is -2.51. The molecule has 1 atom stereocenters. The van der Waals surface area contributed by atoms with Gasteiger partial charge in [-0.3, -0.25) is 19.4 Å². The van der Waals surface area contributed by atoms with Crippen LogP contribution in [0.1, 0.15) is 62.9 Å². The van der Waals surface area contributed by atoms with Crippen LogP contribution < -0.4 is 0 Å². The first kappa shape index (κ1) is 22.8. The third-order valence-electron chi connectivity index (χ3n) is 5.09. The number of unbranched alkanes of at least 4 members (excludes halogenated alkanes) is 2. The van der Waals surface area contributed by atoms with Gasteiger partial charge in [-0.05, 0) is 26.2 Å². The monoisotopic (exact) mass is 404 g/mol. The molecule has 0 spiro atoms. The highest BCUT2D eigenvalue weighted by atomic mass is 16.5. The number of hydrogen-bond donors (Lipinski definition) is 0. The maximum atomic E-state index is 12.8. The Morgan fingerprint density at radius 3 is 2.72 bits per heavy atom. The number of rotatable bonds is 10. The fourth-order valence-electron chi connectivity index (χ4n) is 3.48. The summed E-state index contributed by atoms with van der Waals surface area (Å²) in [6.07, 6.45) is 9.18. The number of nitrogens with zero attached hydrogens (tertiary/aromatic N) is 4. The maximum absolute atomic E-state index is 12.8. The quantitative estimate of drug-likeness (QED) is 0.439. The van der Waals surface area contributed by atoms with Gasteiger partial charge in [-0.1, -0.05) is 19.8 Å². The summed E-state index contributed by atoms with van der Waals surface area (Å²) < 4.78 is 5.10. The SMILES string of the molecule is CCCCCN(CCC(=O)N1CCCC(C(=O)OCC)C1)C(=O)c1cnccn1. The normalized spacial score (nSPS) is 16.3. The second-order valence-electron chi connectivity index (χ2n) is 7.27. The van der Waals surface area contributed by atoms with Crippen molar-refractivity contribution in [3.05, 3.63) is 24.3 Å². The van der Waals surface area contributed by atoms with E-state index in [1.165, 1.54) is 18.6 Å². The molecule has 29 heavy (non-hydrogen) atoms. The number of esters is 1. The van der Waals surface area contributed by atoms with Crippen LogP contribution in [0.25, 0.3) is 0 Å². The van der Waals surface area contributed by atoms with Gasteiger partial charge in [0.1, 0.15) is 5.69 Å². The first-order chi connectivity index (χ1) is 14.1. The molecule has 1 aromatic heterocycles. The van der Waals surface area contributed by atoms with Crippen LogP contribution in [0.5, 0.6) is 0 Å². The van der Waals surface area contributed by atoms with E-state index in [1.807, 2.05) is 0 Å². The fourth-order valence-corrected chi connectivity index (χ4v) is 3.48. The molecular weight excluding hydrogens is 372 g/mol. The summed E-state index contributed by atoms with van der Waals surface area (Å²) in [6, 6.07) is 0. The highest BCUT2D eigenvalue weighted by molar-refractivity contribution is 5.92. The van der Waals surface area contributed by atoms with E-state index in [2.05, 4.69) is 16.9 Å². The number of aromatic nitrogens is 2. The van der Waals surface area contributed by atoms with Crippen LogP contribution in [0.3, 0.4) is 0 Å². The van der Waals surface area contributed by atoms with Crippen molar-refractivity contribution in [2.75, 3.05) is 32.8 Å². The third-order valence-corrected chi connectivity index (χ3v) is 5.09. The second-order valence-corrected chi connectivity index (χ2v) is 7.27. The number of carbonyl (C=O) groups is 3. The molecular formula is C21H32N4O4. The number of amides is 2.